The lowest BCUT2D eigenvalue weighted by atomic mass is 10.2. The molecule has 0 fully saturated rings. The van der Waals surface area contributed by atoms with E-state index >= 15 is 0 Å². The zero-order valence-corrected chi connectivity index (χ0v) is 11.2. The monoisotopic (exact) mass is 260 g/mol. The lowest BCUT2D eigenvalue weighted by Crippen LogP contribution is -2.43. The molecule has 0 aromatic rings. The summed E-state index contributed by atoms with van der Waals surface area (Å²) in [7, 11) is 0. The maximum atomic E-state index is 11.8. The minimum Gasteiger partial charge on any atom is -0.465 e. The van der Waals surface area contributed by atoms with Gasteiger partial charge in [-0.3, -0.25) is 10.2 Å². The third-order valence-electron chi connectivity index (χ3n) is 1.95. The Kier molecular flexibility index (Phi) is 5.76. The molecule has 1 N–H and O–H groups in total. The highest BCUT2D eigenvalue weighted by atomic mass is 32.2. The summed E-state index contributed by atoms with van der Waals surface area (Å²) in [6.07, 6.45) is 5.77. The molecule has 4 nitrogen and oxygen atoms in total. The molecule has 1 aliphatic rings. The first-order valence-electron chi connectivity index (χ1n) is 5.06. The zero-order chi connectivity index (χ0) is 12.0. The van der Waals surface area contributed by atoms with E-state index < -0.39 is 0 Å². The van der Waals surface area contributed by atoms with Crippen LogP contribution in [0, 0.1) is 0 Å². The van der Waals surface area contributed by atoms with Crippen LogP contribution in [-0.2, 0) is 9.53 Å². The number of ether oxygens (including phenoxy) is 1. The summed E-state index contributed by atoms with van der Waals surface area (Å²) in [5.74, 6) is -0.190. The number of carbonyl (C=O) groups excluding carboxylic acids is 1. The molecule has 6 heteroatoms. The van der Waals surface area contributed by atoms with E-state index in [-0.39, 0.29) is 17.3 Å². The van der Waals surface area contributed by atoms with Crippen LogP contribution in [-0.4, -0.2) is 34.5 Å². The van der Waals surface area contributed by atoms with Crippen LogP contribution in [0.5, 0.6) is 0 Å². The molecular weight excluding hydrogens is 244 g/mol. The van der Waals surface area contributed by atoms with Crippen molar-refractivity contribution in [2.45, 2.75) is 25.1 Å². The van der Waals surface area contributed by atoms with E-state index in [0.717, 1.165) is 4.38 Å². The van der Waals surface area contributed by atoms with Crippen molar-refractivity contribution in [3.8, 4) is 0 Å². The zero-order valence-electron chi connectivity index (χ0n) is 9.60. The molecule has 0 bridgehead atoms. The van der Waals surface area contributed by atoms with Gasteiger partial charge in [0.25, 0.3) is 0 Å². The van der Waals surface area contributed by atoms with Crippen molar-refractivity contribution < 1.29 is 9.53 Å². The summed E-state index contributed by atoms with van der Waals surface area (Å²) in [6, 6.07) is -0.0926. The van der Waals surface area contributed by atoms with Gasteiger partial charge in [0.05, 0.1) is 12.6 Å². The van der Waals surface area contributed by atoms with Crippen molar-refractivity contribution in [2.24, 2.45) is 5.10 Å². The Labute approximate surface area is 104 Å². The number of allylic oxidation sites excluding steroid dienone is 1. The van der Waals surface area contributed by atoms with Gasteiger partial charge in [0, 0.05) is 0 Å². The third-order valence-corrected chi connectivity index (χ3v) is 4.21. The van der Waals surface area contributed by atoms with Gasteiger partial charge >= 0.3 is 5.97 Å². The molecule has 0 spiro atoms. The van der Waals surface area contributed by atoms with Crippen LogP contribution in [0.25, 0.3) is 0 Å². The lowest BCUT2D eigenvalue weighted by molar-refractivity contribution is -0.142. The van der Waals surface area contributed by atoms with Crippen LogP contribution in [0.2, 0.25) is 0 Å². The number of thioether (sulfide) groups is 2. The second-order valence-corrected chi connectivity index (χ2v) is 5.24. The predicted molar refractivity (Wildman–Crippen MR) is 70.7 cm³/mol. The first-order valence-corrected chi connectivity index (χ1v) is 7.16. The molecule has 1 aliphatic heterocycles. The molecule has 1 rings (SSSR count). The Hall–Kier alpha value is -0.620. The van der Waals surface area contributed by atoms with Gasteiger partial charge in [-0.2, -0.15) is 5.10 Å². The van der Waals surface area contributed by atoms with Crippen molar-refractivity contribution in [1.29, 1.82) is 0 Å². The highest BCUT2D eigenvalue weighted by Crippen LogP contribution is 2.27. The van der Waals surface area contributed by atoms with Crippen molar-refractivity contribution in [2.75, 3.05) is 12.9 Å². The van der Waals surface area contributed by atoms with E-state index in [1.165, 1.54) is 23.5 Å². The van der Waals surface area contributed by atoms with Crippen molar-refractivity contribution >= 4 is 33.9 Å². The molecule has 0 saturated heterocycles. The van der Waals surface area contributed by atoms with E-state index in [0.29, 0.717) is 6.61 Å². The summed E-state index contributed by atoms with van der Waals surface area (Å²) in [6.45, 7) is 4.14. The number of nitrogens with zero attached hydrogens (tertiary/aromatic N) is 1. The third kappa shape index (κ3) is 3.45. The molecule has 1 heterocycles. The number of hydrazone groups is 1. The maximum Gasteiger partial charge on any atom is 0.322 e. The van der Waals surface area contributed by atoms with Gasteiger partial charge in [0.15, 0.2) is 4.38 Å². The fraction of sp³-hybridized carbons (Fsp3) is 0.600. The largest absolute Gasteiger partial charge is 0.465 e. The van der Waals surface area contributed by atoms with Crippen LogP contribution >= 0.6 is 23.5 Å². The summed E-state index contributed by atoms with van der Waals surface area (Å²) >= 11 is 2.98. The number of carbonyl (C=O) groups is 1. The topological polar surface area (TPSA) is 50.7 Å². The Bertz CT molecular complexity index is 305. The fourth-order valence-corrected chi connectivity index (χ4v) is 2.89. The van der Waals surface area contributed by atoms with Crippen LogP contribution in [0.15, 0.2) is 17.3 Å². The number of hydrogen-bond acceptors (Lipinski definition) is 6. The van der Waals surface area contributed by atoms with Crippen LogP contribution in [0.1, 0.15) is 13.8 Å². The van der Waals surface area contributed by atoms with Crippen LogP contribution in [0.3, 0.4) is 0 Å². The van der Waals surface area contributed by atoms with Crippen molar-refractivity contribution in [3.63, 3.8) is 0 Å². The molecule has 0 amide bonds. The number of hydrogen-bond donors (Lipinski definition) is 1. The summed E-state index contributed by atoms with van der Waals surface area (Å²) < 4.78 is 5.91. The Morgan fingerprint density at radius 2 is 2.50 bits per heavy atom. The van der Waals surface area contributed by atoms with Crippen molar-refractivity contribution in [1.82, 2.24) is 5.43 Å². The molecule has 2 atom stereocenters. The molecule has 0 unspecified atom stereocenters. The molecule has 0 aliphatic carbocycles. The molecule has 0 saturated carbocycles. The molecule has 16 heavy (non-hydrogen) atoms. The smallest absolute Gasteiger partial charge is 0.322 e. The molecule has 0 radical (unpaired) electrons. The highest BCUT2D eigenvalue weighted by Gasteiger charge is 2.33. The van der Waals surface area contributed by atoms with E-state index in [1.54, 1.807) is 0 Å². The Balaban J connectivity index is 2.76. The summed E-state index contributed by atoms with van der Waals surface area (Å²) in [5, 5.41) is 3.92. The SMILES string of the molecule is C/C=C/[C@@H]1NN=C(SC)S[C@H]1C(=O)OCC. The van der Waals surface area contributed by atoms with Gasteiger partial charge in [-0.15, -0.1) is 11.8 Å². The number of nitrogens with one attached hydrogen (secondary N) is 1. The first kappa shape index (κ1) is 13.4. The highest BCUT2D eigenvalue weighted by molar-refractivity contribution is 8.39. The molecule has 0 aromatic heterocycles. The average molecular weight is 260 g/mol. The number of esters is 1. The lowest BCUT2D eigenvalue weighted by Gasteiger charge is -2.26. The second kappa shape index (κ2) is 6.85. The van der Waals surface area contributed by atoms with Gasteiger partial charge in [-0.25, -0.2) is 0 Å². The predicted octanol–water partition coefficient (Wildman–Crippen LogP) is 1.83. The molecule has 90 valence electrons. The van der Waals surface area contributed by atoms with E-state index in [4.69, 9.17) is 4.74 Å². The summed E-state index contributed by atoms with van der Waals surface area (Å²) in [4.78, 5) is 11.8. The second-order valence-electron chi connectivity index (χ2n) is 3.05. The minimum atomic E-state index is -0.254. The Morgan fingerprint density at radius 3 is 3.06 bits per heavy atom. The standard InChI is InChI=1S/C10H16N2O2S2/c1-4-6-7-8(9(13)14-5-2)16-10(15-3)12-11-7/h4,6-8,11H,5H2,1-3H3/b6-4+/t7-,8+/m0/s1. The molecular formula is C10H16N2O2S2. The fourth-order valence-electron chi connectivity index (χ4n) is 1.27. The maximum absolute atomic E-state index is 11.8. The van der Waals surface area contributed by atoms with E-state index in [2.05, 4.69) is 10.5 Å². The Morgan fingerprint density at radius 1 is 1.75 bits per heavy atom. The van der Waals surface area contributed by atoms with Gasteiger partial charge in [0.2, 0.25) is 0 Å². The van der Waals surface area contributed by atoms with Gasteiger partial charge < -0.3 is 4.74 Å². The van der Waals surface area contributed by atoms with Crippen LogP contribution < -0.4 is 5.43 Å². The van der Waals surface area contributed by atoms with Crippen LogP contribution in [0.4, 0.5) is 0 Å². The van der Waals surface area contributed by atoms with E-state index in [9.17, 15) is 4.79 Å². The van der Waals surface area contributed by atoms with Crippen molar-refractivity contribution in [3.05, 3.63) is 12.2 Å². The van der Waals surface area contributed by atoms with Gasteiger partial charge in [0.1, 0.15) is 5.25 Å². The molecule has 0 aromatic carbocycles. The van der Waals surface area contributed by atoms with Gasteiger partial charge in [-0.05, 0) is 20.1 Å². The first-order chi connectivity index (χ1) is 7.72. The summed E-state index contributed by atoms with van der Waals surface area (Å²) in [5.41, 5.74) is 2.97. The average Bonchev–Trinajstić information content (AvgIpc) is 2.30. The van der Waals surface area contributed by atoms with E-state index in [1.807, 2.05) is 32.3 Å². The number of rotatable bonds is 3. The normalized spacial score (nSPS) is 25.1. The minimum absolute atomic E-state index is 0.0926. The van der Waals surface area contributed by atoms with Gasteiger partial charge in [-0.1, -0.05) is 23.9 Å². The quantitative estimate of drug-likeness (QED) is 0.620.